The molecule has 4 rings (SSSR count). The number of rotatable bonds is 5. The highest BCUT2D eigenvalue weighted by atomic mass is 32.2. The molecule has 2 fully saturated rings. The Balaban J connectivity index is 1.37. The van der Waals surface area contributed by atoms with E-state index in [9.17, 15) is 13.2 Å². The SMILES string of the molecule is Cc1cc2occ(CC(=O)N3CCN(S(=O)(=O)N(C)C4CCCCC4)CC3)c2cc1C. The zero-order chi connectivity index (χ0) is 22.2. The molecule has 1 aromatic carbocycles. The maximum atomic E-state index is 13.1. The van der Waals surface area contributed by atoms with E-state index in [2.05, 4.69) is 13.0 Å². The van der Waals surface area contributed by atoms with Crippen LogP contribution < -0.4 is 0 Å². The Kier molecular flexibility index (Phi) is 6.42. The summed E-state index contributed by atoms with van der Waals surface area (Å²) in [6.45, 7) is 5.62. The highest BCUT2D eigenvalue weighted by Gasteiger charge is 2.35. The van der Waals surface area contributed by atoms with Crippen LogP contribution in [0.2, 0.25) is 0 Å². The number of piperazine rings is 1. The van der Waals surface area contributed by atoms with Crippen molar-refractivity contribution in [3.8, 4) is 0 Å². The molecule has 2 aliphatic rings. The second-order valence-corrected chi connectivity index (χ2v) is 11.0. The summed E-state index contributed by atoms with van der Waals surface area (Å²) in [6.07, 6.45) is 7.18. The number of aryl methyl sites for hydroxylation is 2. The normalized spacial score (nSPS) is 19.4. The minimum atomic E-state index is -3.48. The van der Waals surface area contributed by atoms with Gasteiger partial charge in [-0.05, 0) is 49.9 Å². The third-order valence-corrected chi connectivity index (χ3v) is 9.03. The van der Waals surface area contributed by atoms with Gasteiger partial charge >= 0.3 is 0 Å². The van der Waals surface area contributed by atoms with Crippen LogP contribution in [0.4, 0.5) is 0 Å². The van der Waals surface area contributed by atoms with Crippen molar-refractivity contribution in [1.82, 2.24) is 13.5 Å². The molecule has 1 aromatic heterocycles. The fourth-order valence-electron chi connectivity index (χ4n) is 4.73. The first-order valence-corrected chi connectivity index (χ1v) is 12.7. The summed E-state index contributed by atoms with van der Waals surface area (Å²) in [6, 6.07) is 4.17. The van der Waals surface area contributed by atoms with Crippen LogP contribution in [-0.4, -0.2) is 67.1 Å². The molecular weight excluding hydrogens is 414 g/mol. The molecule has 2 heterocycles. The van der Waals surface area contributed by atoms with Gasteiger partial charge in [0.05, 0.1) is 12.7 Å². The highest BCUT2D eigenvalue weighted by molar-refractivity contribution is 7.86. The maximum absolute atomic E-state index is 13.1. The molecule has 0 N–H and O–H groups in total. The van der Waals surface area contributed by atoms with E-state index in [0.717, 1.165) is 47.8 Å². The van der Waals surface area contributed by atoms with Crippen molar-refractivity contribution in [3.63, 3.8) is 0 Å². The lowest BCUT2D eigenvalue weighted by Crippen LogP contribution is -2.55. The molecule has 1 saturated carbocycles. The van der Waals surface area contributed by atoms with E-state index in [0.29, 0.717) is 26.2 Å². The van der Waals surface area contributed by atoms with E-state index < -0.39 is 10.2 Å². The maximum Gasteiger partial charge on any atom is 0.282 e. The summed E-state index contributed by atoms with van der Waals surface area (Å²) >= 11 is 0. The predicted molar refractivity (Wildman–Crippen MR) is 121 cm³/mol. The molecule has 0 atom stereocenters. The number of furan rings is 1. The number of fused-ring (bicyclic) bond motifs is 1. The quantitative estimate of drug-likeness (QED) is 0.705. The number of nitrogens with zero attached hydrogens (tertiary/aromatic N) is 3. The molecule has 0 spiro atoms. The first kappa shape index (κ1) is 22.3. The van der Waals surface area contributed by atoms with Gasteiger partial charge in [-0.3, -0.25) is 4.79 Å². The van der Waals surface area contributed by atoms with E-state index in [1.54, 1.807) is 22.5 Å². The van der Waals surface area contributed by atoms with Crippen LogP contribution in [0.25, 0.3) is 11.0 Å². The van der Waals surface area contributed by atoms with Crippen molar-refractivity contribution in [3.05, 3.63) is 35.1 Å². The van der Waals surface area contributed by atoms with Gasteiger partial charge in [-0.1, -0.05) is 19.3 Å². The molecule has 7 nitrogen and oxygen atoms in total. The zero-order valence-electron chi connectivity index (χ0n) is 18.8. The van der Waals surface area contributed by atoms with Crippen LogP contribution in [0.1, 0.15) is 48.8 Å². The average Bonchev–Trinajstić information content (AvgIpc) is 3.15. The minimum absolute atomic E-state index is 0.0126. The standard InChI is InChI=1S/C23H33N3O4S/c1-17-13-21-19(16-30-22(21)14-18(17)2)15-23(27)25-9-11-26(12-10-25)31(28,29)24(3)20-7-5-4-6-8-20/h13-14,16,20H,4-12,15H2,1-3H3. The summed E-state index contributed by atoms with van der Waals surface area (Å²) in [5, 5.41) is 0.978. The van der Waals surface area contributed by atoms with Crippen molar-refractivity contribution in [1.29, 1.82) is 0 Å². The Bertz CT molecular complexity index is 1050. The number of benzene rings is 1. The van der Waals surface area contributed by atoms with Crippen LogP contribution >= 0.6 is 0 Å². The number of amides is 1. The Morgan fingerprint density at radius 1 is 1.06 bits per heavy atom. The molecule has 2 aromatic rings. The van der Waals surface area contributed by atoms with Crippen molar-refractivity contribution in [2.75, 3.05) is 33.2 Å². The van der Waals surface area contributed by atoms with Gasteiger partial charge in [0.15, 0.2) is 0 Å². The lowest BCUT2D eigenvalue weighted by molar-refractivity contribution is -0.131. The third kappa shape index (κ3) is 4.52. The third-order valence-electron chi connectivity index (χ3n) is 6.98. The summed E-state index contributed by atoms with van der Waals surface area (Å²) in [4.78, 5) is 14.7. The van der Waals surface area contributed by atoms with Gasteiger partial charge in [0.1, 0.15) is 5.58 Å². The van der Waals surface area contributed by atoms with Crippen molar-refractivity contribution >= 4 is 27.1 Å². The largest absolute Gasteiger partial charge is 0.464 e. The van der Waals surface area contributed by atoms with Gasteiger partial charge in [-0.15, -0.1) is 0 Å². The Hall–Kier alpha value is -1.90. The molecule has 170 valence electrons. The van der Waals surface area contributed by atoms with E-state index in [-0.39, 0.29) is 18.4 Å². The van der Waals surface area contributed by atoms with Gasteiger partial charge in [0.2, 0.25) is 5.91 Å². The highest BCUT2D eigenvalue weighted by Crippen LogP contribution is 2.27. The molecule has 1 saturated heterocycles. The number of hydrogen-bond acceptors (Lipinski definition) is 4. The van der Waals surface area contributed by atoms with Gasteiger partial charge in [0, 0.05) is 50.2 Å². The Morgan fingerprint density at radius 3 is 2.39 bits per heavy atom. The van der Waals surface area contributed by atoms with Crippen LogP contribution in [0.15, 0.2) is 22.8 Å². The fourth-order valence-corrected chi connectivity index (χ4v) is 6.31. The van der Waals surface area contributed by atoms with Gasteiger partial charge in [-0.25, -0.2) is 0 Å². The van der Waals surface area contributed by atoms with Gasteiger partial charge in [-0.2, -0.15) is 17.0 Å². The molecule has 8 heteroatoms. The predicted octanol–water partition coefficient (Wildman–Crippen LogP) is 3.25. The molecule has 0 unspecified atom stereocenters. The van der Waals surface area contributed by atoms with Crippen LogP contribution in [0.5, 0.6) is 0 Å². The van der Waals surface area contributed by atoms with Crippen molar-refractivity contribution in [2.24, 2.45) is 0 Å². The monoisotopic (exact) mass is 447 g/mol. The summed E-state index contributed by atoms with van der Waals surface area (Å²) in [5.74, 6) is 0.0126. The van der Waals surface area contributed by atoms with Crippen molar-refractivity contribution < 1.29 is 17.6 Å². The number of carbonyl (C=O) groups is 1. The Labute approximate surface area is 185 Å². The molecule has 1 aliphatic carbocycles. The molecule has 0 bridgehead atoms. The Morgan fingerprint density at radius 2 is 1.71 bits per heavy atom. The van der Waals surface area contributed by atoms with E-state index in [1.807, 2.05) is 13.0 Å². The summed E-state index contributed by atoms with van der Waals surface area (Å²) < 4.78 is 34.9. The first-order chi connectivity index (χ1) is 14.8. The summed E-state index contributed by atoms with van der Waals surface area (Å²) in [7, 11) is -1.78. The number of carbonyl (C=O) groups excluding carboxylic acids is 1. The van der Waals surface area contributed by atoms with E-state index in [4.69, 9.17) is 4.42 Å². The molecule has 31 heavy (non-hydrogen) atoms. The van der Waals surface area contributed by atoms with Crippen molar-refractivity contribution in [2.45, 2.75) is 58.4 Å². The molecule has 1 aliphatic heterocycles. The molecular formula is C23H33N3O4S. The molecule has 1 amide bonds. The first-order valence-electron chi connectivity index (χ1n) is 11.3. The zero-order valence-corrected chi connectivity index (χ0v) is 19.6. The van der Waals surface area contributed by atoms with Gasteiger partial charge < -0.3 is 9.32 Å². The second-order valence-electron chi connectivity index (χ2n) is 8.97. The second kappa shape index (κ2) is 8.92. The van der Waals surface area contributed by atoms with E-state index >= 15 is 0 Å². The molecule has 0 radical (unpaired) electrons. The van der Waals surface area contributed by atoms with Crippen LogP contribution in [0, 0.1) is 13.8 Å². The average molecular weight is 448 g/mol. The number of hydrogen-bond donors (Lipinski definition) is 0. The fraction of sp³-hybridized carbons (Fsp3) is 0.609. The smallest absolute Gasteiger partial charge is 0.282 e. The lowest BCUT2D eigenvalue weighted by Gasteiger charge is -2.38. The van der Waals surface area contributed by atoms with E-state index in [1.165, 1.54) is 16.3 Å². The van der Waals surface area contributed by atoms with Crippen LogP contribution in [0.3, 0.4) is 0 Å². The van der Waals surface area contributed by atoms with Gasteiger partial charge in [0.25, 0.3) is 10.2 Å². The topological polar surface area (TPSA) is 74.1 Å². The van der Waals surface area contributed by atoms with Crippen LogP contribution in [-0.2, 0) is 21.4 Å². The lowest BCUT2D eigenvalue weighted by atomic mass is 9.96. The minimum Gasteiger partial charge on any atom is -0.464 e. The summed E-state index contributed by atoms with van der Waals surface area (Å²) in [5.41, 5.74) is 4.02.